The fourth-order valence-corrected chi connectivity index (χ4v) is 2.09. The molecule has 1 atom stereocenters. The van der Waals surface area contributed by atoms with E-state index >= 15 is 0 Å². The SMILES string of the molecule is C[C@H](N)c1cc2nccn2nc1-c1cccc(O)c1. The maximum atomic E-state index is 9.60. The Morgan fingerprint density at radius 1 is 1.32 bits per heavy atom. The molecule has 0 aliphatic heterocycles. The van der Waals surface area contributed by atoms with Gasteiger partial charge in [0.05, 0.1) is 5.69 Å². The molecule has 0 radical (unpaired) electrons. The molecule has 3 rings (SSSR count). The summed E-state index contributed by atoms with van der Waals surface area (Å²) in [4.78, 5) is 4.21. The molecule has 2 heterocycles. The van der Waals surface area contributed by atoms with Gasteiger partial charge >= 0.3 is 0 Å². The molecule has 0 unspecified atom stereocenters. The van der Waals surface area contributed by atoms with Gasteiger partial charge in [-0.3, -0.25) is 0 Å². The first-order valence-electron chi connectivity index (χ1n) is 6.04. The quantitative estimate of drug-likeness (QED) is 0.734. The molecule has 1 aromatic carbocycles. The van der Waals surface area contributed by atoms with Crippen molar-refractivity contribution in [3.05, 3.63) is 48.3 Å². The molecule has 2 aromatic heterocycles. The first kappa shape index (κ1) is 11.7. The Balaban J connectivity index is 2.28. The number of imidazole rings is 1. The standard InChI is InChI=1S/C14H14N4O/c1-9(15)12-8-13-16-5-6-18(13)17-14(12)10-3-2-4-11(19)7-10/h2-9,19H,15H2,1H3/t9-/m0/s1. The second-order valence-corrected chi connectivity index (χ2v) is 4.52. The van der Waals surface area contributed by atoms with Crippen LogP contribution in [0.4, 0.5) is 0 Å². The Morgan fingerprint density at radius 3 is 2.89 bits per heavy atom. The van der Waals surface area contributed by atoms with Gasteiger partial charge in [0.25, 0.3) is 0 Å². The monoisotopic (exact) mass is 254 g/mol. The van der Waals surface area contributed by atoms with Gasteiger partial charge in [0.2, 0.25) is 0 Å². The molecule has 3 aromatic rings. The van der Waals surface area contributed by atoms with Crippen LogP contribution in [0.1, 0.15) is 18.5 Å². The van der Waals surface area contributed by atoms with E-state index in [4.69, 9.17) is 5.73 Å². The summed E-state index contributed by atoms with van der Waals surface area (Å²) >= 11 is 0. The van der Waals surface area contributed by atoms with Crippen LogP contribution in [-0.4, -0.2) is 19.7 Å². The number of aromatic nitrogens is 3. The number of fused-ring (bicyclic) bond motifs is 1. The average Bonchev–Trinajstić information content (AvgIpc) is 2.84. The molecule has 0 spiro atoms. The smallest absolute Gasteiger partial charge is 0.153 e. The molecular formula is C14H14N4O. The van der Waals surface area contributed by atoms with Crippen LogP contribution in [0.3, 0.4) is 0 Å². The third kappa shape index (κ3) is 2.04. The third-order valence-corrected chi connectivity index (χ3v) is 3.03. The largest absolute Gasteiger partial charge is 0.508 e. The number of nitrogens with zero attached hydrogens (tertiary/aromatic N) is 3. The number of aromatic hydroxyl groups is 1. The number of nitrogens with two attached hydrogens (primary N) is 1. The Labute approximate surface area is 110 Å². The molecule has 19 heavy (non-hydrogen) atoms. The van der Waals surface area contributed by atoms with Gasteiger partial charge < -0.3 is 10.8 Å². The predicted octanol–water partition coefficient (Wildman–Crippen LogP) is 2.12. The van der Waals surface area contributed by atoms with Crippen LogP contribution >= 0.6 is 0 Å². The van der Waals surface area contributed by atoms with Crippen molar-refractivity contribution in [1.82, 2.24) is 14.6 Å². The van der Waals surface area contributed by atoms with Crippen molar-refractivity contribution in [3.8, 4) is 17.0 Å². The van der Waals surface area contributed by atoms with Crippen LogP contribution < -0.4 is 5.73 Å². The van der Waals surface area contributed by atoms with Crippen LogP contribution in [0.25, 0.3) is 16.9 Å². The first-order chi connectivity index (χ1) is 9.15. The molecular weight excluding hydrogens is 240 g/mol. The molecule has 0 amide bonds. The molecule has 0 bridgehead atoms. The number of rotatable bonds is 2. The fourth-order valence-electron chi connectivity index (χ4n) is 2.09. The van der Waals surface area contributed by atoms with Gasteiger partial charge in [-0.15, -0.1) is 0 Å². The molecule has 3 N–H and O–H groups in total. The topological polar surface area (TPSA) is 76.4 Å². The van der Waals surface area contributed by atoms with E-state index in [0.717, 1.165) is 22.5 Å². The van der Waals surface area contributed by atoms with E-state index < -0.39 is 0 Å². The zero-order valence-corrected chi connectivity index (χ0v) is 10.5. The normalized spacial score (nSPS) is 12.7. The lowest BCUT2D eigenvalue weighted by Crippen LogP contribution is -2.10. The number of phenols is 1. The minimum Gasteiger partial charge on any atom is -0.508 e. The van der Waals surface area contributed by atoms with Crippen molar-refractivity contribution in [1.29, 1.82) is 0 Å². The van der Waals surface area contributed by atoms with Gasteiger partial charge in [-0.25, -0.2) is 9.50 Å². The van der Waals surface area contributed by atoms with E-state index in [-0.39, 0.29) is 11.8 Å². The zero-order valence-electron chi connectivity index (χ0n) is 10.5. The minimum atomic E-state index is -0.161. The highest BCUT2D eigenvalue weighted by atomic mass is 16.3. The summed E-state index contributed by atoms with van der Waals surface area (Å²) in [5, 5.41) is 14.1. The third-order valence-electron chi connectivity index (χ3n) is 3.03. The van der Waals surface area contributed by atoms with Crippen molar-refractivity contribution in [3.63, 3.8) is 0 Å². The molecule has 0 aliphatic rings. The van der Waals surface area contributed by atoms with Crippen molar-refractivity contribution < 1.29 is 5.11 Å². The Bertz CT molecular complexity index is 733. The van der Waals surface area contributed by atoms with Crippen molar-refractivity contribution >= 4 is 5.65 Å². The number of phenolic OH excluding ortho intramolecular Hbond substituents is 1. The summed E-state index contributed by atoms with van der Waals surface area (Å²) in [6.07, 6.45) is 3.48. The lowest BCUT2D eigenvalue weighted by atomic mass is 10.0. The predicted molar refractivity (Wildman–Crippen MR) is 72.7 cm³/mol. The first-order valence-corrected chi connectivity index (χ1v) is 6.04. The van der Waals surface area contributed by atoms with Crippen LogP contribution in [0.2, 0.25) is 0 Å². The van der Waals surface area contributed by atoms with E-state index in [1.165, 1.54) is 0 Å². The minimum absolute atomic E-state index is 0.161. The molecule has 5 nitrogen and oxygen atoms in total. The highest BCUT2D eigenvalue weighted by Gasteiger charge is 2.13. The molecule has 0 aliphatic carbocycles. The summed E-state index contributed by atoms with van der Waals surface area (Å²) in [7, 11) is 0. The molecule has 0 fully saturated rings. The van der Waals surface area contributed by atoms with Crippen LogP contribution in [-0.2, 0) is 0 Å². The lowest BCUT2D eigenvalue weighted by molar-refractivity contribution is 0.475. The van der Waals surface area contributed by atoms with E-state index in [0.29, 0.717) is 0 Å². The maximum Gasteiger partial charge on any atom is 0.153 e. The number of hydrogen-bond acceptors (Lipinski definition) is 4. The van der Waals surface area contributed by atoms with Crippen molar-refractivity contribution in [2.45, 2.75) is 13.0 Å². The van der Waals surface area contributed by atoms with E-state index in [2.05, 4.69) is 10.1 Å². The Morgan fingerprint density at radius 2 is 2.16 bits per heavy atom. The average molecular weight is 254 g/mol. The van der Waals surface area contributed by atoms with E-state index in [9.17, 15) is 5.11 Å². The number of benzene rings is 1. The van der Waals surface area contributed by atoms with Gasteiger partial charge in [-0.1, -0.05) is 12.1 Å². The van der Waals surface area contributed by atoms with Gasteiger partial charge in [0.1, 0.15) is 5.75 Å². The van der Waals surface area contributed by atoms with Crippen LogP contribution in [0.15, 0.2) is 42.7 Å². The highest BCUT2D eigenvalue weighted by Crippen LogP contribution is 2.28. The lowest BCUT2D eigenvalue weighted by Gasteiger charge is -2.12. The molecule has 5 heteroatoms. The van der Waals surface area contributed by atoms with Gasteiger partial charge in [-0.2, -0.15) is 5.10 Å². The summed E-state index contributed by atoms with van der Waals surface area (Å²) in [5.41, 5.74) is 9.27. The summed E-state index contributed by atoms with van der Waals surface area (Å²) < 4.78 is 1.70. The van der Waals surface area contributed by atoms with Gasteiger partial charge in [-0.05, 0) is 25.1 Å². The van der Waals surface area contributed by atoms with Gasteiger partial charge in [0.15, 0.2) is 5.65 Å². The van der Waals surface area contributed by atoms with Gasteiger partial charge in [0, 0.05) is 29.6 Å². The molecule has 0 saturated carbocycles. The van der Waals surface area contributed by atoms with Crippen molar-refractivity contribution in [2.24, 2.45) is 5.73 Å². The second kappa shape index (κ2) is 4.37. The van der Waals surface area contributed by atoms with Crippen LogP contribution in [0, 0.1) is 0 Å². The molecule has 0 saturated heterocycles. The van der Waals surface area contributed by atoms with E-state index in [1.807, 2.05) is 19.1 Å². The summed E-state index contributed by atoms with van der Waals surface area (Å²) in [6, 6.07) is 8.76. The second-order valence-electron chi connectivity index (χ2n) is 4.52. The Hall–Kier alpha value is -2.40. The van der Waals surface area contributed by atoms with Crippen LogP contribution in [0.5, 0.6) is 5.75 Å². The fraction of sp³-hybridized carbons (Fsp3) is 0.143. The van der Waals surface area contributed by atoms with E-state index in [1.54, 1.807) is 35.1 Å². The molecule has 96 valence electrons. The maximum absolute atomic E-state index is 9.60. The summed E-state index contributed by atoms with van der Waals surface area (Å²) in [6.45, 7) is 1.91. The summed E-state index contributed by atoms with van der Waals surface area (Å²) in [5.74, 6) is 0.209. The van der Waals surface area contributed by atoms with Crippen molar-refractivity contribution in [2.75, 3.05) is 0 Å². The number of hydrogen-bond donors (Lipinski definition) is 2. The zero-order chi connectivity index (χ0) is 13.4. The Kier molecular flexibility index (Phi) is 2.68. The highest BCUT2D eigenvalue weighted by molar-refractivity contribution is 5.66.